The van der Waals surface area contributed by atoms with Crippen LogP contribution in [0.25, 0.3) is 11.1 Å². The van der Waals surface area contributed by atoms with Gasteiger partial charge in [0.15, 0.2) is 0 Å². The molecule has 0 saturated carbocycles. The number of nitrogen functional groups attached to an aromatic ring is 1. The number of rotatable bonds is 5. The van der Waals surface area contributed by atoms with Crippen molar-refractivity contribution in [3.63, 3.8) is 0 Å². The second kappa shape index (κ2) is 8.71. The van der Waals surface area contributed by atoms with E-state index in [9.17, 15) is 18.0 Å². The Labute approximate surface area is 176 Å². The fourth-order valence-corrected chi connectivity index (χ4v) is 3.18. The molecule has 0 aliphatic rings. The normalized spacial score (nSPS) is 11.4. The summed E-state index contributed by atoms with van der Waals surface area (Å²) in [5.41, 5.74) is 7.80. The van der Waals surface area contributed by atoms with Gasteiger partial charge in [-0.05, 0) is 49.2 Å². The van der Waals surface area contributed by atoms with Crippen LogP contribution in [-0.2, 0) is 17.4 Å². The number of anilines is 2. The third kappa shape index (κ3) is 5.27. The number of carbonyl (C=O) groups excluding carboxylic acids is 1. The maximum Gasteiger partial charge on any atom is 0.416 e. The number of aryl methyl sites for hydroxylation is 2. The molecule has 0 bridgehead atoms. The summed E-state index contributed by atoms with van der Waals surface area (Å²) < 4.78 is 38.5. The van der Waals surface area contributed by atoms with Gasteiger partial charge >= 0.3 is 6.18 Å². The topological polar surface area (TPSA) is 80.9 Å². The van der Waals surface area contributed by atoms with Crippen LogP contribution in [0.5, 0.6) is 0 Å². The molecule has 0 aliphatic carbocycles. The van der Waals surface area contributed by atoms with Crippen molar-refractivity contribution >= 4 is 29.1 Å². The van der Waals surface area contributed by atoms with Crippen molar-refractivity contribution in [2.45, 2.75) is 25.9 Å². The van der Waals surface area contributed by atoms with Crippen LogP contribution < -0.4 is 11.1 Å². The van der Waals surface area contributed by atoms with Crippen LogP contribution in [-0.4, -0.2) is 15.9 Å². The number of hydrogen-bond acceptors (Lipinski definition) is 4. The Morgan fingerprint density at radius 2 is 1.83 bits per heavy atom. The average molecular weight is 435 g/mol. The molecule has 30 heavy (non-hydrogen) atoms. The number of benzene rings is 2. The molecule has 1 aromatic heterocycles. The summed E-state index contributed by atoms with van der Waals surface area (Å²) in [6, 6.07) is 11.6. The lowest BCUT2D eigenvalue weighted by Crippen LogP contribution is -2.15. The number of nitrogens with one attached hydrogen (secondary N) is 1. The van der Waals surface area contributed by atoms with Gasteiger partial charge in [0.25, 0.3) is 0 Å². The number of carbonyl (C=O) groups is 1. The van der Waals surface area contributed by atoms with Crippen molar-refractivity contribution in [3.05, 3.63) is 70.5 Å². The highest BCUT2D eigenvalue weighted by Gasteiger charge is 2.30. The van der Waals surface area contributed by atoms with Gasteiger partial charge in [-0.2, -0.15) is 13.2 Å². The zero-order valence-electron chi connectivity index (χ0n) is 15.9. The van der Waals surface area contributed by atoms with Crippen molar-refractivity contribution in [1.29, 1.82) is 0 Å². The van der Waals surface area contributed by atoms with Crippen LogP contribution in [0.15, 0.2) is 48.5 Å². The first-order chi connectivity index (χ1) is 14.1. The highest BCUT2D eigenvalue weighted by molar-refractivity contribution is 6.30. The van der Waals surface area contributed by atoms with E-state index in [0.717, 1.165) is 23.3 Å². The second-order valence-electron chi connectivity index (χ2n) is 6.62. The van der Waals surface area contributed by atoms with E-state index in [-0.39, 0.29) is 24.5 Å². The number of nitrogens with two attached hydrogens (primary N) is 1. The monoisotopic (exact) mass is 434 g/mol. The van der Waals surface area contributed by atoms with Crippen LogP contribution in [0.4, 0.5) is 24.8 Å². The molecule has 0 spiro atoms. The van der Waals surface area contributed by atoms with Gasteiger partial charge in [-0.3, -0.25) is 4.79 Å². The smallest absolute Gasteiger partial charge is 0.368 e. The quantitative estimate of drug-likeness (QED) is 0.572. The van der Waals surface area contributed by atoms with E-state index in [1.165, 1.54) is 12.1 Å². The number of amides is 1. The minimum Gasteiger partial charge on any atom is -0.368 e. The van der Waals surface area contributed by atoms with Crippen molar-refractivity contribution < 1.29 is 18.0 Å². The molecular weight excluding hydrogens is 417 g/mol. The molecule has 1 heterocycles. The van der Waals surface area contributed by atoms with Gasteiger partial charge in [-0.25, -0.2) is 9.97 Å². The van der Waals surface area contributed by atoms with Gasteiger partial charge in [-0.15, -0.1) is 0 Å². The van der Waals surface area contributed by atoms with E-state index >= 15 is 0 Å². The van der Waals surface area contributed by atoms with Crippen molar-refractivity contribution in [1.82, 2.24) is 9.97 Å². The zero-order chi connectivity index (χ0) is 21.9. The molecule has 0 atom stereocenters. The maximum atomic E-state index is 12.8. The Morgan fingerprint density at radius 3 is 2.50 bits per heavy atom. The summed E-state index contributed by atoms with van der Waals surface area (Å²) in [4.78, 5) is 20.8. The molecule has 2 aromatic carbocycles. The summed E-state index contributed by atoms with van der Waals surface area (Å²) >= 11 is 5.95. The Kier molecular flexibility index (Phi) is 6.26. The van der Waals surface area contributed by atoms with Crippen molar-refractivity contribution in [2.75, 3.05) is 11.1 Å². The van der Waals surface area contributed by atoms with E-state index in [2.05, 4.69) is 15.3 Å². The molecule has 3 rings (SSSR count). The molecule has 1 amide bonds. The number of alkyl halides is 3. The lowest BCUT2D eigenvalue weighted by molar-refractivity contribution is -0.137. The van der Waals surface area contributed by atoms with Gasteiger partial charge in [0.2, 0.25) is 11.9 Å². The summed E-state index contributed by atoms with van der Waals surface area (Å²) in [7, 11) is 0. The van der Waals surface area contributed by atoms with Crippen molar-refractivity contribution in [2.24, 2.45) is 0 Å². The number of halogens is 4. The summed E-state index contributed by atoms with van der Waals surface area (Å²) in [6.45, 7) is 1.79. The van der Waals surface area contributed by atoms with Gasteiger partial charge in [0.1, 0.15) is 0 Å². The molecule has 156 valence electrons. The summed E-state index contributed by atoms with van der Waals surface area (Å²) in [6.07, 6.45) is -4.24. The van der Waals surface area contributed by atoms with Crippen LogP contribution in [0.3, 0.4) is 0 Å². The van der Waals surface area contributed by atoms with E-state index in [4.69, 9.17) is 17.3 Å². The number of hydrogen-bond donors (Lipinski definition) is 2. The summed E-state index contributed by atoms with van der Waals surface area (Å²) in [5.74, 6) is -0.357. The second-order valence-corrected chi connectivity index (χ2v) is 7.06. The largest absolute Gasteiger partial charge is 0.416 e. The Balaban J connectivity index is 1.77. The Hall–Kier alpha value is -3.13. The molecule has 0 fully saturated rings. The first-order valence-electron chi connectivity index (χ1n) is 8.99. The molecule has 5 nitrogen and oxygen atoms in total. The van der Waals surface area contributed by atoms with Gasteiger partial charge in [0.05, 0.1) is 17.0 Å². The standard InChI is InChI=1S/C21H18ClF3N4O/c1-12-19(13-5-7-15(22)8-6-13)17(29-20(26)27-12)9-10-18(30)28-16-4-2-3-14(11-16)21(23,24)25/h2-8,11H,9-10H2,1H3,(H,28,30)(H2,26,27,29). The Bertz CT molecular complexity index is 1070. The molecule has 0 saturated heterocycles. The van der Waals surface area contributed by atoms with Gasteiger partial charge in [-0.1, -0.05) is 29.8 Å². The molecule has 3 N–H and O–H groups in total. The highest BCUT2D eigenvalue weighted by atomic mass is 35.5. The van der Waals surface area contributed by atoms with Crippen LogP contribution in [0.1, 0.15) is 23.4 Å². The SMILES string of the molecule is Cc1nc(N)nc(CCC(=O)Nc2cccc(C(F)(F)F)c2)c1-c1ccc(Cl)cc1. The third-order valence-electron chi connectivity index (χ3n) is 4.38. The van der Waals surface area contributed by atoms with E-state index in [1.54, 1.807) is 19.1 Å². The predicted octanol–water partition coefficient (Wildman–Crippen LogP) is 5.28. The van der Waals surface area contributed by atoms with E-state index in [0.29, 0.717) is 16.4 Å². The molecule has 0 aliphatic heterocycles. The zero-order valence-corrected chi connectivity index (χ0v) is 16.7. The fraction of sp³-hybridized carbons (Fsp3) is 0.190. The first kappa shape index (κ1) is 21.6. The molecule has 0 radical (unpaired) electrons. The highest BCUT2D eigenvalue weighted by Crippen LogP contribution is 2.31. The Morgan fingerprint density at radius 1 is 1.13 bits per heavy atom. The number of nitrogens with zero attached hydrogens (tertiary/aromatic N) is 2. The summed E-state index contributed by atoms with van der Waals surface area (Å²) in [5, 5.41) is 3.07. The molecule has 3 aromatic rings. The van der Waals surface area contributed by atoms with Crippen LogP contribution in [0.2, 0.25) is 5.02 Å². The van der Waals surface area contributed by atoms with E-state index < -0.39 is 17.6 Å². The van der Waals surface area contributed by atoms with Crippen molar-refractivity contribution in [3.8, 4) is 11.1 Å². The van der Waals surface area contributed by atoms with Gasteiger partial charge < -0.3 is 11.1 Å². The third-order valence-corrected chi connectivity index (χ3v) is 4.63. The molecule has 0 unspecified atom stereocenters. The van der Waals surface area contributed by atoms with Gasteiger partial charge in [0, 0.05) is 22.7 Å². The predicted molar refractivity (Wildman–Crippen MR) is 110 cm³/mol. The van der Waals surface area contributed by atoms with E-state index in [1.807, 2.05) is 12.1 Å². The van der Waals surface area contributed by atoms with Crippen LogP contribution in [0, 0.1) is 6.92 Å². The first-order valence-corrected chi connectivity index (χ1v) is 9.37. The molecule has 9 heteroatoms. The minimum absolute atomic E-state index is 0.00668. The van der Waals surface area contributed by atoms with Crippen LogP contribution >= 0.6 is 11.6 Å². The maximum absolute atomic E-state index is 12.8. The number of aromatic nitrogens is 2. The lowest BCUT2D eigenvalue weighted by Gasteiger charge is -2.13. The minimum atomic E-state index is -4.48. The lowest BCUT2D eigenvalue weighted by atomic mass is 9.99. The molecular formula is C21H18ClF3N4O. The fourth-order valence-electron chi connectivity index (χ4n) is 3.06. The average Bonchev–Trinajstić information content (AvgIpc) is 2.66.